The van der Waals surface area contributed by atoms with E-state index in [9.17, 15) is 24.5 Å². The lowest BCUT2D eigenvalue weighted by molar-refractivity contribution is -0.0978. The van der Waals surface area contributed by atoms with E-state index in [1.54, 1.807) is 0 Å². The predicted molar refractivity (Wildman–Crippen MR) is 149 cm³/mol. The third-order valence-electron chi connectivity index (χ3n) is 6.47. The third kappa shape index (κ3) is 11.8. The molecule has 0 aromatic carbocycles. The van der Waals surface area contributed by atoms with Crippen molar-refractivity contribution in [3.05, 3.63) is 27.4 Å². The fourth-order valence-corrected chi connectivity index (χ4v) is 5.09. The third-order valence-corrected chi connectivity index (χ3v) is 7.60. The number of phosphoric ester groups is 1. The average Bonchev–Trinajstić information content (AvgIpc) is 3.12. The molecule has 1 fully saturated rings. The lowest BCUT2D eigenvalue weighted by Gasteiger charge is -2.27. The normalized spacial score (nSPS) is 26.7. The van der Waals surface area contributed by atoms with E-state index in [0.717, 1.165) is 36.8 Å². The highest BCUT2D eigenvalue weighted by Gasteiger charge is 2.53. The Morgan fingerprint density at radius 1 is 1.21 bits per heavy atom. The lowest BCUT2D eigenvalue weighted by Crippen LogP contribution is -2.44. The molecule has 1 aliphatic rings. The molecule has 0 saturated carbocycles. The molecule has 39 heavy (non-hydrogen) atoms. The van der Waals surface area contributed by atoms with Gasteiger partial charge in [-0.15, -0.1) is 0 Å². The molecule has 14 heteroatoms. The first-order valence-electron chi connectivity index (χ1n) is 14.6. The van der Waals surface area contributed by atoms with Crippen LogP contribution in [0.25, 0.3) is 0 Å². The SMILES string of the molecule is [2H]C([2H])(OP(=O)(O)OCC(N)COCCCCCCCCCCCC)[C@H]1O[C@@H](n2ccc(=O)[nH]c2=S)C(C)(O)[C@H]1O. The molecule has 1 aromatic rings. The van der Waals surface area contributed by atoms with Crippen LogP contribution in [-0.4, -0.2) is 74.9 Å². The first-order valence-corrected chi connectivity index (χ1v) is 15.5. The molecule has 6 N–H and O–H groups in total. The first kappa shape index (κ1) is 31.0. The average molecular weight is 598 g/mol. The quantitative estimate of drug-likeness (QED) is 0.0846. The van der Waals surface area contributed by atoms with Gasteiger partial charge in [-0.1, -0.05) is 64.7 Å². The van der Waals surface area contributed by atoms with Crippen molar-refractivity contribution in [3.63, 3.8) is 0 Å². The van der Waals surface area contributed by atoms with Crippen LogP contribution in [0.5, 0.6) is 0 Å². The van der Waals surface area contributed by atoms with Crippen molar-refractivity contribution < 1.29 is 40.9 Å². The van der Waals surface area contributed by atoms with E-state index in [1.165, 1.54) is 51.1 Å². The number of aromatic nitrogens is 2. The number of H-pyrrole nitrogens is 1. The Balaban J connectivity index is 1.75. The van der Waals surface area contributed by atoms with Crippen LogP contribution in [-0.2, 0) is 23.1 Å². The van der Waals surface area contributed by atoms with Gasteiger partial charge in [0.25, 0.3) is 5.56 Å². The Morgan fingerprint density at radius 2 is 1.82 bits per heavy atom. The highest BCUT2D eigenvalue weighted by Crippen LogP contribution is 2.45. The van der Waals surface area contributed by atoms with Gasteiger partial charge in [0.1, 0.15) is 17.8 Å². The smallest absolute Gasteiger partial charge is 0.387 e. The van der Waals surface area contributed by atoms with E-state index >= 15 is 0 Å². The second-order valence-corrected chi connectivity index (χ2v) is 11.9. The molecule has 226 valence electrons. The molecule has 6 atom stereocenters. The summed E-state index contributed by atoms with van der Waals surface area (Å²) in [5.74, 6) is 0. The number of hydrogen-bond acceptors (Lipinski definition) is 10. The number of ether oxygens (including phenoxy) is 2. The minimum absolute atomic E-state index is 0.0686. The molecular weight excluding hydrogens is 549 g/mol. The van der Waals surface area contributed by atoms with Gasteiger partial charge < -0.3 is 30.3 Å². The van der Waals surface area contributed by atoms with Gasteiger partial charge in [0.15, 0.2) is 11.0 Å². The standard InChI is InChI=1S/C25H46N3O9PS/c1-3-4-5-6-7-8-9-10-11-12-15-34-16-19(26)17-35-38(32,33)36-18-20-22(30)25(2,31)23(37-20)28-14-13-21(29)27-24(28)39/h13-14,19-20,22-23,30-31H,3-12,15-18,26H2,1-2H3,(H,32,33)(H,27,29,39)/t19?,20-,22+,23-,25?/m1/s1/i18D2. The van der Waals surface area contributed by atoms with Gasteiger partial charge in [-0.05, 0) is 25.6 Å². The van der Waals surface area contributed by atoms with Crippen molar-refractivity contribution in [2.24, 2.45) is 5.73 Å². The van der Waals surface area contributed by atoms with Crippen LogP contribution in [0.2, 0.25) is 0 Å². The Hall–Kier alpha value is -0.990. The number of phosphoric acid groups is 1. The molecule has 0 radical (unpaired) electrons. The van der Waals surface area contributed by atoms with Gasteiger partial charge in [0.2, 0.25) is 0 Å². The van der Waals surface area contributed by atoms with Crippen molar-refractivity contribution in [1.29, 1.82) is 0 Å². The van der Waals surface area contributed by atoms with Crippen molar-refractivity contribution in [2.75, 3.05) is 26.4 Å². The first-order chi connectivity index (χ1) is 19.2. The van der Waals surface area contributed by atoms with Crippen LogP contribution in [0.4, 0.5) is 0 Å². The molecule has 2 rings (SSSR count). The number of nitrogens with zero attached hydrogens (tertiary/aromatic N) is 1. The highest BCUT2D eigenvalue weighted by atomic mass is 32.1. The van der Waals surface area contributed by atoms with Crippen LogP contribution >= 0.6 is 20.0 Å². The topological polar surface area (TPSA) is 178 Å². The fraction of sp³-hybridized carbons (Fsp3) is 0.840. The van der Waals surface area contributed by atoms with Crippen molar-refractivity contribution in [2.45, 2.75) is 108 Å². The number of rotatable bonds is 20. The Labute approximate surface area is 238 Å². The summed E-state index contributed by atoms with van der Waals surface area (Å²) < 4.78 is 50.3. The molecule has 1 saturated heterocycles. The summed E-state index contributed by atoms with van der Waals surface area (Å²) in [6.07, 6.45) is 7.90. The van der Waals surface area contributed by atoms with E-state index in [4.69, 9.17) is 39.2 Å². The number of unbranched alkanes of at least 4 members (excludes halogenated alkanes) is 9. The lowest BCUT2D eigenvalue weighted by atomic mass is 9.96. The summed E-state index contributed by atoms with van der Waals surface area (Å²) in [5, 5.41) is 21.5. The Kier molecular flexibility index (Phi) is 13.6. The molecule has 1 aliphatic heterocycles. The van der Waals surface area contributed by atoms with Crippen LogP contribution in [0.15, 0.2) is 17.1 Å². The Bertz CT molecular complexity index is 1090. The van der Waals surface area contributed by atoms with Crippen molar-refractivity contribution in [1.82, 2.24) is 9.55 Å². The maximum atomic E-state index is 12.5. The number of nitrogens with one attached hydrogen (secondary N) is 1. The number of aliphatic hydroxyl groups is 2. The zero-order chi connectivity index (χ0) is 30.7. The fourth-order valence-electron chi connectivity index (χ4n) is 4.16. The molecule has 0 bridgehead atoms. The molecule has 1 aromatic heterocycles. The summed E-state index contributed by atoms with van der Waals surface area (Å²) in [5.41, 5.74) is 3.26. The zero-order valence-corrected chi connectivity index (χ0v) is 24.5. The number of aromatic amines is 1. The zero-order valence-electron chi connectivity index (χ0n) is 24.8. The van der Waals surface area contributed by atoms with Gasteiger partial charge in [-0.2, -0.15) is 0 Å². The second kappa shape index (κ2) is 17.1. The van der Waals surface area contributed by atoms with Gasteiger partial charge >= 0.3 is 7.82 Å². The maximum absolute atomic E-state index is 12.5. The van der Waals surface area contributed by atoms with Gasteiger partial charge in [0.05, 0.1) is 28.6 Å². The number of hydrogen-bond donors (Lipinski definition) is 5. The van der Waals surface area contributed by atoms with Crippen LogP contribution in [0.3, 0.4) is 0 Å². The second-order valence-electron chi connectivity index (χ2n) is 10.1. The van der Waals surface area contributed by atoms with E-state index < -0.39 is 56.6 Å². The highest BCUT2D eigenvalue weighted by molar-refractivity contribution is 7.71. The predicted octanol–water partition coefficient (Wildman–Crippen LogP) is 3.31. The van der Waals surface area contributed by atoms with Crippen LogP contribution < -0.4 is 11.3 Å². The summed E-state index contributed by atoms with van der Waals surface area (Å²) in [7, 11) is -5.02. The molecule has 0 amide bonds. The number of nitrogens with two attached hydrogens (primary N) is 1. The molecule has 12 nitrogen and oxygen atoms in total. The molecule has 0 aliphatic carbocycles. The van der Waals surface area contributed by atoms with Gasteiger partial charge in [-0.3, -0.25) is 23.4 Å². The van der Waals surface area contributed by atoms with Crippen LogP contribution in [0.1, 0.15) is 87.0 Å². The monoisotopic (exact) mass is 597 g/mol. The molecular formula is C25H46N3O9PS. The molecule has 2 heterocycles. The maximum Gasteiger partial charge on any atom is 0.472 e. The summed E-state index contributed by atoms with van der Waals surface area (Å²) in [6.45, 7) is 0.388. The number of aliphatic hydroxyl groups excluding tert-OH is 1. The molecule has 0 spiro atoms. The van der Waals surface area contributed by atoms with E-state index in [1.807, 2.05) is 0 Å². The van der Waals surface area contributed by atoms with Crippen molar-refractivity contribution >= 4 is 20.0 Å². The minimum atomic E-state index is -5.02. The largest absolute Gasteiger partial charge is 0.472 e. The van der Waals surface area contributed by atoms with Crippen molar-refractivity contribution in [3.8, 4) is 0 Å². The summed E-state index contributed by atoms with van der Waals surface area (Å²) >= 11 is 5.06. The minimum Gasteiger partial charge on any atom is -0.387 e. The van der Waals surface area contributed by atoms with Gasteiger partial charge in [0, 0.05) is 18.9 Å². The summed E-state index contributed by atoms with van der Waals surface area (Å²) in [6, 6.07) is 0.328. The van der Waals surface area contributed by atoms with Gasteiger partial charge in [-0.25, -0.2) is 4.57 Å². The van der Waals surface area contributed by atoms with E-state index in [0.29, 0.717) is 6.61 Å². The van der Waals surface area contributed by atoms with E-state index in [2.05, 4.69) is 11.9 Å². The molecule has 3 unspecified atom stereocenters. The summed E-state index contributed by atoms with van der Waals surface area (Å²) in [4.78, 5) is 23.9. The Morgan fingerprint density at radius 3 is 2.44 bits per heavy atom. The van der Waals surface area contributed by atoms with Crippen LogP contribution in [0, 0.1) is 4.77 Å². The van der Waals surface area contributed by atoms with E-state index in [-0.39, 0.29) is 11.4 Å².